The Balaban J connectivity index is 2.17. The van der Waals surface area contributed by atoms with E-state index in [1.165, 1.54) is 18.2 Å². The van der Waals surface area contributed by atoms with Crippen LogP contribution in [0.25, 0.3) is 0 Å². The van der Waals surface area contributed by atoms with E-state index in [0.717, 1.165) is 12.3 Å². The molecule has 0 spiro atoms. The molecular weight excluding hydrogens is 352 g/mol. The summed E-state index contributed by atoms with van der Waals surface area (Å²) in [5.41, 5.74) is 6.04. The SMILES string of the molecule is NC(Cc1cc(F)ccc1Br)c1ccc(C(F)(F)F)cn1. The van der Waals surface area contributed by atoms with Crippen LogP contribution in [0.5, 0.6) is 0 Å². The molecule has 0 aliphatic rings. The maximum atomic E-state index is 13.2. The van der Waals surface area contributed by atoms with E-state index in [0.29, 0.717) is 15.7 Å². The molecule has 1 aromatic heterocycles. The average Bonchev–Trinajstić information content (AvgIpc) is 2.42. The van der Waals surface area contributed by atoms with Gasteiger partial charge in [0.15, 0.2) is 0 Å². The normalized spacial score (nSPS) is 13.2. The largest absolute Gasteiger partial charge is 0.417 e. The van der Waals surface area contributed by atoms with Crippen molar-refractivity contribution in [1.29, 1.82) is 0 Å². The number of nitrogens with zero attached hydrogens (tertiary/aromatic N) is 1. The molecule has 0 saturated heterocycles. The fraction of sp³-hybridized carbons (Fsp3) is 0.214. The maximum Gasteiger partial charge on any atom is 0.417 e. The number of alkyl halides is 3. The highest BCUT2D eigenvalue weighted by Crippen LogP contribution is 2.29. The molecule has 0 aliphatic carbocycles. The smallest absolute Gasteiger partial charge is 0.322 e. The average molecular weight is 363 g/mol. The molecule has 1 unspecified atom stereocenters. The van der Waals surface area contributed by atoms with Crippen molar-refractivity contribution in [3.8, 4) is 0 Å². The molecule has 1 aromatic carbocycles. The number of hydrogen-bond acceptors (Lipinski definition) is 2. The van der Waals surface area contributed by atoms with Crippen LogP contribution in [0.3, 0.4) is 0 Å². The Morgan fingerprint density at radius 2 is 1.90 bits per heavy atom. The van der Waals surface area contributed by atoms with Gasteiger partial charge in [-0.15, -0.1) is 0 Å². The topological polar surface area (TPSA) is 38.9 Å². The minimum Gasteiger partial charge on any atom is -0.322 e. The first-order valence-electron chi connectivity index (χ1n) is 6.00. The zero-order valence-corrected chi connectivity index (χ0v) is 12.2. The zero-order chi connectivity index (χ0) is 15.6. The Labute approximate surface area is 127 Å². The van der Waals surface area contributed by atoms with E-state index in [1.54, 1.807) is 6.07 Å². The Bertz CT molecular complexity index is 626. The molecule has 2 aromatic rings. The van der Waals surface area contributed by atoms with Crippen molar-refractivity contribution in [3.05, 3.63) is 63.6 Å². The van der Waals surface area contributed by atoms with Crippen LogP contribution in [0.4, 0.5) is 17.6 Å². The van der Waals surface area contributed by atoms with Gasteiger partial charge in [0.1, 0.15) is 5.82 Å². The van der Waals surface area contributed by atoms with Gasteiger partial charge in [0, 0.05) is 10.7 Å². The van der Waals surface area contributed by atoms with Gasteiger partial charge in [-0.1, -0.05) is 15.9 Å². The van der Waals surface area contributed by atoms with Gasteiger partial charge in [0.05, 0.1) is 17.3 Å². The monoisotopic (exact) mass is 362 g/mol. The number of pyridine rings is 1. The molecule has 1 atom stereocenters. The van der Waals surface area contributed by atoms with E-state index >= 15 is 0 Å². The zero-order valence-electron chi connectivity index (χ0n) is 10.7. The Morgan fingerprint density at radius 3 is 2.48 bits per heavy atom. The molecule has 0 aliphatic heterocycles. The van der Waals surface area contributed by atoms with E-state index in [9.17, 15) is 17.6 Å². The van der Waals surface area contributed by atoms with Crippen LogP contribution >= 0.6 is 15.9 Å². The van der Waals surface area contributed by atoms with Gasteiger partial charge >= 0.3 is 6.18 Å². The molecule has 2 nitrogen and oxygen atoms in total. The number of hydrogen-bond donors (Lipinski definition) is 1. The fourth-order valence-electron chi connectivity index (χ4n) is 1.83. The van der Waals surface area contributed by atoms with Crippen molar-refractivity contribution in [1.82, 2.24) is 4.98 Å². The highest BCUT2D eigenvalue weighted by molar-refractivity contribution is 9.10. The van der Waals surface area contributed by atoms with Gasteiger partial charge < -0.3 is 5.73 Å². The quantitative estimate of drug-likeness (QED) is 0.829. The van der Waals surface area contributed by atoms with Crippen LogP contribution in [0.2, 0.25) is 0 Å². The van der Waals surface area contributed by atoms with E-state index < -0.39 is 23.6 Å². The van der Waals surface area contributed by atoms with Gasteiger partial charge in [0.25, 0.3) is 0 Å². The number of rotatable bonds is 3. The highest BCUT2D eigenvalue weighted by atomic mass is 79.9. The molecule has 1 heterocycles. The third-order valence-corrected chi connectivity index (χ3v) is 3.71. The Hall–Kier alpha value is -1.47. The molecule has 21 heavy (non-hydrogen) atoms. The van der Waals surface area contributed by atoms with Crippen molar-refractivity contribution in [2.45, 2.75) is 18.6 Å². The van der Waals surface area contributed by atoms with Crippen molar-refractivity contribution >= 4 is 15.9 Å². The van der Waals surface area contributed by atoms with Crippen molar-refractivity contribution < 1.29 is 17.6 Å². The second-order valence-electron chi connectivity index (χ2n) is 4.52. The maximum absolute atomic E-state index is 13.2. The molecule has 2 rings (SSSR count). The summed E-state index contributed by atoms with van der Waals surface area (Å²) in [4.78, 5) is 3.74. The van der Waals surface area contributed by atoms with Gasteiger partial charge in [-0.05, 0) is 42.3 Å². The van der Waals surface area contributed by atoms with Gasteiger partial charge in [-0.25, -0.2) is 4.39 Å². The lowest BCUT2D eigenvalue weighted by Gasteiger charge is -2.13. The van der Waals surface area contributed by atoms with Crippen LogP contribution in [0.15, 0.2) is 41.0 Å². The van der Waals surface area contributed by atoms with Crippen molar-refractivity contribution in [2.75, 3.05) is 0 Å². The Morgan fingerprint density at radius 1 is 1.19 bits per heavy atom. The summed E-state index contributed by atoms with van der Waals surface area (Å²) in [6.07, 6.45) is -3.42. The van der Waals surface area contributed by atoms with E-state index in [-0.39, 0.29) is 6.42 Å². The number of benzene rings is 1. The molecule has 112 valence electrons. The lowest BCUT2D eigenvalue weighted by molar-refractivity contribution is -0.137. The van der Waals surface area contributed by atoms with Crippen LogP contribution in [-0.4, -0.2) is 4.98 Å². The second-order valence-corrected chi connectivity index (χ2v) is 5.37. The Kier molecular flexibility index (Phi) is 4.63. The highest BCUT2D eigenvalue weighted by Gasteiger charge is 2.30. The first kappa shape index (κ1) is 15.9. The number of aromatic nitrogens is 1. The molecule has 0 radical (unpaired) electrons. The van der Waals surface area contributed by atoms with E-state index in [1.807, 2.05) is 0 Å². The molecule has 7 heteroatoms. The van der Waals surface area contributed by atoms with Crippen molar-refractivity contribution in [2.24, 2.45) is 5.73 Å². The summed E-state index contributed by atoms with van der Waals surface area (Å²) in [5.74, 6) is -0.402. The second kappa shape index (κ2) is 6.11. The molecule has 0 fully saturated rings. The molecule has 0 saturated carbocycles. The summed E-state index contributed by atoms with van der Waals surface area (Å²) in [7, 11) is 0. The first-order valence-corrected chi connectivity index (χ1v) is 6.79. The van der Waals surface area contributed by atoms with Crippen LogP contribution in [-0.2, 0) is 12.6 Å². The fourth-order valence-corrected chi connectivity index (χ4v) is 2.24. The summed E-state index contributed by atoms with van der Waals surface area (Å²) < 4.78 is 51.2. The number of halogens is 5. The van der Waals surface area contributed by atoms with Crippen LogP contribution in [0, 0.1) is 5.82 Å². The molecular formula is C14H11BrF4N2. The summed E-state index contributed by atoms with van der Waals surface area (Å²) in [5, 5.41) is 0. The van der Waals surface area contributed by atoms with Crippen LogP contribution < -0.4 is 5.73 Å². The molecule has 0 bridgehead atoms. The van der Waals surface area contributed by atoms with Gasteiger partial charge in [-0.3, -0.25) is 4.98 Å². The van der Waals surface area contributed by atoms with Gasteiger partial charge in [-0.2, -0.15) is 13.2 Å². The minimum atomic E-state index is -4.43. The minimum absolute atomic E-state index is 0.261. The third kappa shape index (κ3) is 4.01. The third-order valence-electron chi connectivity index (χ3n) is 2.94. The summed E-state index contributed by atoms with van der Waals surface area (Å²) >= 11 is 3.28. The number of nitrogens with two attached hydrogens (primary N) is 1. The van der Waals surface area contributed by atoms with Gasteiger partial charge in [0.2, 0.25) is 0 Å². The van der Waals surface area contributed by atoms with E-state index in [2.05, 4.69) is 20.9 Å². The lowest BCUT2D eigenvalue weighted by Crippen LogP contribution is -2.16. The predicted molar refractivity (Wildman–Crippen MR) is 74.0 cm³/mol. The predicted octanol–water partition coefficient (Wildman–Crippen LogP) is 4.24. The summed E-state index contributed by atoms with van der Waals surface area (Å²) in [6, 6.07) is 5.73. The molecule has 0 amide bonds. The first-order chi connectivity index (χ1) is 9.77. The lowest BCUT2D eigenvalue weighted by atomic mass is 10.0. The van der Waals surface area contributed by atoms with E-state index in [4.69, 9.17) is 5.73 Å². The van der Waals surface area contributed by atoms with Crippen molar-refractivity contribution in [3.63, 3.8) is 0 Å². The summed E-state index contributed by atoms with van der Waals surface area (Å²) in [6.45, 7) is 0. The van der Waals surface area contributed by atoms with Crippen LogP contribution in [0.1, 0.15) is 22.9 Å². The molecule has 2 N–H and O–H groups in total. The standard InChI is InChI=1S/C14H11BrF4N2/c15-11-3-2-10(16)5-8(11)6-12(20)13-4-1-9(7-21-13)14(17,18)19/h1-5,7,12H,6,20H2.